The number of carbonyl (C=O) groups is 1. The molecule has 2 aliphatic rings. The molecule has 0 radical (unpaired) electrons. The SMILES string of the molecule is C/C1=C\CC[C@@]2(C)C(=O)C=C[C@](C)(O)C2Cc2c(C)coc2C1. The Morgan fingerprint density at radius 1 is 1.30 bits per heavy atom. The number of aryl methyl sites for hydroxylation is 1. The summed E-state index contributed by atoms with van der Waals surface area (Å²) in [5.74, 6) is 0.955. The number of aliphatic hydroxyl groups is 1. The normalized spacial score (nSPS) is 36.8. The Labute approximate surface area is 138 Å². The molecule has 1 aromatic heterocycles. The monoisotopic (exact) mass is 314 g/mol. The van der Waals surface area contributed by atoms with Crippen molar-refractivity contribution in [3.63, 3.8) is 0 Å². The second-order valence-electron chi connectivity index (χ2n) is 7.68. The summed E-state index contributed by atoms with van der Waals surface area (Å²) in [6.07, 6.45) is 10.3. The Bertz CT molecular complexity index is 690. The molecule has 2 aliphatic carbocycles. The van der Waals surface area contributed by atoms with E-state index in [2.05, 4.69) is 13.0 Å². The fraction of sp³-hybridized carbons (Fsp3) is 0.550. The van der Waals surface area contributed by atoms with Gasteiger partial charge in [-0.05, 0) is 63.3 Å². The van der Waals surface area contributed by atoms with Gasteiger partial charge in [0.2, 0.25) is 0 Å². The summed E-state index contributed by atoms with van der Waals surface area (Å²) in [6, 6.07) is 0. The Hall–Kier alpha value is -1.61. The van der Waals surface area contributed by atoms with Crippen LogP contribution in [0.15, 0.2) is 34.5 Å². The average Bonchev–Trinajstić information content (AvgIpc) is 2.80. The molecule has 3 rings (SSSR count). The zero-order chi connectivity index (χ0) is 16.8. The van der Waals surface area contributed by atoms with Crippen molar-refractivity contribution < 1.29 is 14.3 Å². The van der Waals surface area contributed by atoms with Crippen molar-refractivity contribution in [2.45, 2.75) is 59.0 Å². The van der Waals surface area contributed by atoms with Gasteiger partial charge in [-0.3, -0.25) is 4.79 Å². The van der Waals surface area contributed by atoms with Gasteiger partial charge in [-0.15, -0.1) is 0 Å². The molecule has 124 valence electrons. The number of ketones is 1. The maximum Gasteiger partial charge on any atom is 0.161 e. The summed E-state index contributed by atoms with van der Waals surface area (Å²) < 4.78 is 5.77. The fourth-order valence-electron chi connectivity index (χ4n) is 4.19. The molecule has 3 nitrogen and oxygen atoms in total. The Balaban J connectivity index is 2.13. The molecule has 3 heteroatoms. The molecule has 1 aromatic rings. The largest absolute Gasteiger partial charge is 0.468 e. The van der Waals surface area contributed by atoms with Crippen molar-refractivity contribution in [1.82, 2.24) is 0 Å². The van der Waals surface area contributed by atoms with Crippen LogP contribution in [0.1, 0.15) is 50.5 Å². The lowest BCUT2D eigenvalue weighted by Gasteiger charge is -2.46. The summed E-state index contributed by atoms with van der Waals surface area (Å²) >= 11 is 0. The first kappa shape index (κ1) is 16.3. The molecule has 0 spiro atoms. The minimum Gasteiger partial charge on any atom is -0.468 e. The van der Waals surface area contributed by atoms with Crippen LogP contribution in [0.25, 0.3) is 0 Å². The van der Waals surface area contributed by atoms with Crippen molar-refractivity contribution in [1.29, 1.82) is 0 Å². The molecule has 0 saturated heterocycles. The summed E-state index contributed by atoms with van der Waals surface area (Å²) in [4.78, 5) is 12.7. The molecule has 0 bridgehead atoms. The topological polar surface area (TPSA) is 50.4 Å². The van der Waals surface area contributed by atoms with Crippen LogP contribution in [-0.2, 0) is 17.6 Å². The molecular weight excluding hydrogens is 288 g/mol. The van der Waals surface area contributed by atoms with Crippen molar-refractivity contribution in [2.24, 2.45) is 11.3 Å². The van der Waals surface area contributed by atoms with Crippen molar-refractivity contribution >= 4 is 5.78 Å². The van der Waals surface area contributed by atoms with E-state index in [1.807, 2.05) is 20.8 Å². The molecule has 3 atom stereocenters. The second-order valence-corrected chi connectivity index (χ2v) is 7.68. The molecule has 0 saturated carbocycles. The quantitative estimate of drug-likeness (QED) is 0.738. The highest BCUT2D eigenvalue weighted by molar-refractivity contribution is 5.96. The summed E-state index contributed by atoms with van der Waals surface area (Å²) in [5, 5.41) is 11.0. The highest BCUT2D eigenvalue weighted by Gasteiger charge is 2.50. The molecule has 23 heavy (non-hydrogen) atoms. The van der Waals surface area contributed by atoms with E-state index in [1.165, 1.54) is 5.57 Å². The standard InChI is InChI=1S/C20H26O3/c1-13-6-5-8-19(3)17(20(4,22)9-7-18(19)21)11-15-14(2)12-23-16(15)10-13/h6-7,9,12,17,22H,5,8,10-11H2,1-4H3/b13-6+/t17?,19-,20+/m1/s1. The predicted octanol–water partition coefficient (Wildman–Crippen LogP) is 3.93. The zero-order valence-electron chi connectivity index (χ0n) is 14.5. The van der Waals surface area contributed by atoms with Gasteiger partial charge in [-0.1, -0.05) is 18.6 Å². The number of furan rings is 1. The summed E-state index contributed by atoms with van der Waals surface area (Å²) in [7, 11) is 0. The first-order valence-corrected chi connectivity index (χ1v) is 8.41. The highest BCUT2D eigenvalue weighted by Crippen LogP contribution is 2.47. The predicted molar refractivity (Wildman–Crippen MR) is 90.2 cm³/mol. The first-order chi connectivity index (χ1) is 10.7. The lowest BCUT2D eigenvalue weighted by Crippen LogP contribution is -2.51. The average molecular weight is 314 g/mol. The van der Waals surface area contributed by atoms with Crippen LogP contribution >= 0.6 is 0 Å². The number of fused-ring (bicyclic) bond motifs is 2. The molecule has 1 heterocycles. The van der Waals surface area contributed by atoms with Gasteiger partial charge < -0.3 is 9.52 Å². The van der Waals surface area contributed by atoms with Gasteiger partial charge in [0.25, 0.3) is 0 Å². The zero-order valence-corrected chi connectivity index (χ0v) is 14.5. The van der Waals surface area contributed by atoms with Crippen LogP contribution in [0.3, 0.4) is 0 Å². The summed E-state index contributed by atoms with van der Waals surface area (Å²) in [5.41, 5.74) is 2.00. The molecule has 0 aliphatic heterocycles. The van der Waals surface area contributed by atoms with E-state index >= 15 is 0 Å². The van der Waals surface area contributed by atoms with E-state index in [1.54, 1.807) is 18.4 Å². The third kappa shape index (κ3) is 2.72. The maximum atomic E-state index is 12.7. The minimum atomic E-state index is -0.985. The number of allylic oxidation sites excluding steroid dienone is 3. The Morgan fingerprint density at radius 3 is 2.78 bits per heavy atom. The Morgan fingerprint density at radius 2 is 2.04 bits per heavy atom. The van der Waals surface area contributed by atoms with Gasteiger partial charge in [-0.2, -0.15) is 0 Å². The Kier molecular flexibility index (Phi) is 3.88. The number of hydrogen-bond acceptors (Lipinski definition) is 3. The van der Waals surface area contributed by atoms with Gasteiger partial charge in [0, 0.05) is 17.8 Å². The van der Waals surface area contributed by atoms with Crippen LogP contribution < -0.4 is 0 Å². The van der Waals surface area contributed by atoms with E-state index in [9.17, 15) is 9.90 Å². The van der Waals surface area contributed by atoms with Crippen LogP contribution in [-0.4, -0.2) is 16.5 Å². The smallest absolute Gasteiger partial charge is 0.161 e. The van der Waals surface area contributed by atoms with E-state index in [-0.39, 0.29) is 11.7 Å². The van der Waals surface area contributed by atoms with Gasteiger partial charge >= 0.3 is 0 Å². The van der Waals surface area contributed by atoms with Crippen LogP contribution in [0.5, 0.6) is 0 Å². The molecule has 0 aromatic carbocycles. The van der Waals surface area contributed by atoms with Gasteiger partial charge in [-0.25, -0.2) is 0 Å². The number of hydrogen-bond donors (Lipinski definition) is 1. The molecule has 1 N–H and O–H groups in total. The van der Waals surface area contributed by atoms with Gasteiger partial charge in [0.1, 0.15) is 5.76 Å². The third-order valence-electron chi connectivity index (χ3n) is 5.80. The molecule has 0 amide bonds. The minimum absolute atomic E-state index is 0.128. The van der Waals surface area contributed by atoms with Crippen LogP contribution in [0.2, 0.25) is 0 Å². The van der Waals surface area contributed by atoms with Gasteiger partial charge in [0.05, 0.1) is 11.9 Å². The van der Waals surface area contributed by atoms with Crippen molar-refractivity contribution in [3.8, 4) is 0 Å². The van der Waals surface area contributed by atoms with E-state index in [4.69, 9.17) is 4.42 Å². The maximum absolute atomic E-state index is 12.7. The van der Waals surface area contributed by atoms with E-state index < -0.39 is 11.0 Å². The third-order valence-corrected chi connectivity index (χ3v) is 5.80. The highest BCUT2D eigenvalue weighted by atomic mass is 16.3. The van der Waals surface area contributed by atoms with E-state index in [0.29, 0.717) is 6.42 Å². The van der Waals surface area contributed by atoms with Crippen molar-refractivity contribution in [3.05, 3.63) is 47.0 Å². The lowest BCUT2D eigenvalue weighted by molar-refractivity contribution is -0.134. The molecule has 1 unspecified atom stereocenters. The van der Waals surface area contributed by atoms with E-state index in [0.717, 1.165) is 36.1 Å². The second kappa shape index (κ2) is 5.48. The number of carbonyl (C=O) groups excluding carboxylic acids is 1. The number of rotatable bonds is 0. The van der Waals surface area contributed by atoms with Crippen LogP contribution in [0.4, 0.5) is 0 Å². The van der Waals surface area contributed by atoms with Crippen molar-refractivity contribution in [2.75, 3.05) is 0 Å². The van der Waals surface area contributed by atoms with Gasteiger partial charge in [0.15, 0.2) is 5.78 Å². The summed E-state index contributed by atoms with van der Waals surface area (Å²) in [6.45, 7) is 7.99. The molecular formula is C20H26O3. The fourth-order valence-corrected chi connectivity index (χ4v) is 4.19. The lowest BCUT2D eigenvalue weighted by atomic mass is 9.59. The molecule has 0 fully saturated rings. The first-order valence-electron chi connectivity index (χ1n) is 8.41. The van der Waals surface area contributed by atoms with Crippen LogP contribution in [0, 0.1) is 18.3 Å².